The van der Waals surface area contributed by atoms with E-state index >= 15 is 0 Å². The number of halogens is 1. The van der Waals surface area contributed by atoms with Crippen molar-refractivity contribution in [3.63, 3.8) is 0 Å². The summed E-state index contributed by atoms with van der Waals surface area (Å²) in [6.07, 6.45) is 1.52. The summed E-state index contributed by atoms with van der Waals surface area (Å²) in [5.74, 6) is 1.08. The topological polar surface area (TPSA) is 76.2 Å². The van der Waals surface area contributed by atoms with E-state index in [2.05, 4.69) is 0 Å². The number of sulfonamides is 1. The Balaban J connectivity index is 1.58. The predicted molar refractivity (Wildman–Crippen MR) is 155 cm³/mol. The van der Waals surface area contributed by atoms with Crippen molar-refractivity contribution in [2.24, 2.45) is 5.92 Å². The maximum absolute atomic E-state index is 13.8. The molecule has 10 heteroatoms. The van der Waals surface area contributed by atoms with Crippen LogP contribution in [0.3, 0.4) is 0 Å². The molecule has 39 heavy (non-hydrogen) atoms. The molecule has 0 radical (unpaired) electrons. The van der Waals surface area contributed by atoms with Crippen LogP contribution in [0.15, 0.2) is 58.8 Å². The Bertz CT molecular complexity index is 1390. The molecule has 2 heterocycles. The van der Waals surface area contributed by atoms with Crippen LogP contribution >= 0.6 is 22.9 Å². The van der Waals surface area contributed by atoms with Crippen LogP contribution in [-0.4, -0.2) is 56.9 Å². The molecule has 0 aliphatic carbocycles. The monoisotopic (exact) mass is 590 g/mol. The summed E-state index contributed by atoms with van der Waals surface area (Å²) in [5, 5.41) is 2.69. The Morgan fingerprint density at radius 3 is 2.56 bits per heavy atom. The number of hydrogen-bond acceptors (Lipinski definition) is 6. The Morgan fingerprint density at radius 2 is 1.90 bits per heavy atom. The molecule has 2 atom stereocenters. The first kappa shape index (κ1) is 29.4. The molecule has 0 unspecified atom stereocenters. The lowest BCUT2D eigenvalue weighted by molar-refractivity contribution is -0.135. The first-order valence-electron chi connectivity index (χ1n) is 13.0. The molecule has 7 nitrogen and oxygen atoms in total. The number of methoxy groups -OCH3 is 1. The summed E-state index contributed by atoms with van der Waals surface area (Å²) < 4.78 is 40.0. The standard InChI is InChI=1S/C29H35ClN2O5S2/c1-5-20(2)17-31(39(34,35)24-9-6-22(36-4)7-10-24)18-29(33)32-14-12-28-25(13-15-38-28)27(32)19-37-23-8-11-26(30)21(3)16-23/h6-11,13,15-16,20,27H,5,12,14,17-19H2,1-4H3/t20-,27-/m1/s1. The molecule has 1 amide bonds. The minimum absolute atomic E-state index is 0.0860. The zero-order valence-corrected chi connectivity index (χ0v) is 25.1. The van der Waals surface area contributed by atoms with Crippen molar-refractivity contribution >= 4 is 38.9 Å². The van der Waals surface area contributed by atoms with Gasteiger partial charge in [-0.1, -0.05) is 31.9 Å². The summed E-state index contributed by atoms with van der Waals surface area (Å²) >= 11 is 7.84. The van der Waals surface area contributed by atoms with Crippen LogP contribution in [0.4, 0.5) is 0 Å². The Labute approximate surface area is 240 Å². The zero-order chi connectivity index (χ0) is 28.2. The first-order valence-corrected chi connectivity index (χ1v) is 15.7. The highest BCUT2D eigenvalue weighted by molar-refractivity contribution is 7.89. The molecule has 0 saturated carbocycles. The van der Waals surface area contributed by atoms with E-state index in [0.717, 1.165) is 24.0 Å². The second kappa shape index (κ2) is 12.7. The van der Waals surface area contributed by atoms with E-state index < -0.39 is 10.0 Å². The van der Waals surface area contributed by atoms with Gasteiger partial charge in [-0.15, -0.1) is 11.3 Å². The number of amides is 1. The summed E-state index contributed by atoms with van der Waals surface area (Å²) in [6.45, 7) is 6.68. The van der Waals surface area contributed by atoms with Gasteiger partial charge in [-0.05, 0) is 84.3 Å². The maximum Gasteiger partial charge on any atom is 0.243 e. The van der Waals surface area contributed by atoms with Crippen molar-refractivity contribution in [3.05, 3.63) is 74.9 Å². The van der Waals surface area contributed by atoms with E-state index in [1.54, 1.807) is 34.4 Å². The van der Waals surface area contributed by atoms with E-state index in [1.165, 1.54) is 28.4 Å². The van der Waals surface area contributed by atoms with Crippen LogP contribution < -0.4 is 9.47 Å². The number of fused-ring (bicyclic) bond motifs is 1. The molecular formula is C29H35ClN2O5S2. The highest BCUT2D eigenvalue weighted by atomic mass is 35.5. The summed E-state index contributed by atoms with van der Waals surface area (Å²) in [4.78, 5) is 17.0. The Morgan fingerprint density at radius 1 is 1.18 bits per heavy atom. The Hall–Kier alpha value is -2.59. The normalized spacial score (nSPS) is 16.2. The molecule has 210 valence electrons. The summed E-state index contributed by atoms with van der Waals surface area (Å²) in [5.41, 5.74) is 1.96. The average molecular weight is 591 g/mol. The lowest BCUT2D eigenvalue weighted by atomic mass is 10.0. The van der Waals surface area contributed by atoms with Crippen molar-refractivity contribution < 1.29 is 22.7 Å². The van der Waals surface area contributed by atoms with Gasteiger partial charge >= 0.3 is 0 Å². The fourth-order valence-electron chi connectivity index (χ4n) is 4.62. The third kappa shape index (κ3) is 6.77. The van der Waals surface area contributed by atoms with Gasteiger partial charge in [-0.3, -0.25) is 4.79 Å². The van der Waals surface area contributed by atoms with E-state index in [1.807, 2.05) is 44.4 Å². The van der Waals surface area contributed by atoms with Gasteiger partial charge < -0.3 is 14.4 Å². The van der Waals surface area contributed by atoms with Crippen LogP contribution in [0.5, 0.6) is 11.5 Å². The van der Waals surface area contributed by atoms with Gasteiger partial charge in [-0.2, -0.15) is 4.31 Å². The number of rotatable bonds is 11. The average Bonchev–Trinajstić information content (AvgIpc) is 3.42. The van der Waals surface area contributed by atoms with Crippen LogP contribution in [-0.2, 0) is 21.2 Å². The fraction of sp³-hybridized carbons (Fsp3) is 0.414. The summed E-state index contributed by atoms with van der Waals surface area (Å²) in [6, 6.07) is 13.5. The molecule has 3 aromatic rings. The zero-order valence-electron chi connectivity index (χ0n) is 22.7. The molecule has 2 aromatic carbocycles. The van der Waals surface area contributed by atoms with E-state index in [-0.39, 0.29) is 42.5 Å². The fourth-order valence-corrected chi connectivity index (χ4v) is 7.17. The first-order chi connectivity index (χ1) is 18.6. The second-order valence-electron chi connectivity index (χ2n) is 9.86. The number of aryl methyl sites for hydroxylation is 1. The Kier molecular flexibility index (Phi) is 9.59. The lowest BCUT2D eigenvalue weighted by Crippen LogP contribution is -2.48. The minimum Gasteiger partial charge on any atom is -0.497 e. The number of hydrogen-bond donors (Lipinski definition) is 0. The molecular weight excluding hydrogens is 556 g/mol. The van der Waals surface area contributed by atoms with Gasteiger partial charge in [0.05, 0.1) is 24.6 Å². The van der Waals surface area contributed by atoms with Crippen molar-refractivity contribution in [1.29, 1.82) is 0 Å². The molecule has 0 N–H and O–H groups in total. The second-order valence-corrected chi connectivity index (χ2v) is 13.2. The molecule has 1 aliphatic rings. The maximum atomic E-state index is 13.8. The number of benzene rings is 2. The smallest absolute Gasteiger partial charge is 0.243 e. The van der Waals surface area contributed by atoms with E-state index in [9.17, 15) is 13.2 Å². The van der Waals surface area contributed by atoms with Crippen molar-refractivity contribution in [3.8, 4) is 11.5 Å². The molecule has 0 fully saturated rings. The number of carbonyl (C=O) groups excluding carboxylic acids is 1. The van der Waals surface area contributed by atoms with Crippen LogP contribution in [0, 0.1) is 12.8 Å². The van der Waals surface area contributed by atoms with E-state index in [0.29, 0.717) is 23.1 Å². The molecule has 0 saturated heterocycles. The molecule has 1 aliphatic heterocycles. The van der Waals surface area contributed by atoms with Gasteiger partial charge in [-0.25, -0.2) is 8.42 Å². The molecule has 0 spiro atoms. The minimum atomic E-state index is -3.91. The number of ether oxygens (including phenoxy) is 2. The van der Waals surface area contributed by atoms with Crippen LogP contribution in [0.2, 0.25) is 5.02 Å². The van der Waals surface area contributed by atoms with Crippen molar-refractivity contribution in [2.75, 3.05) is 33.4 Å². The number of nitrogens with zero attached hydrogens (tertiary/aromatic N) is 2. The number of thiophene rings is 1. The molecule has 1 aromatic heterocycles. The molecule has 4 rings (SSSR count). The largest absolute Gasteiger partial charge is 0.497 e. The van der Waals surface area contributed by atoms with Crippen LogP contribution in [0.25, 0.3) is 0 Å². The van der Waals surface area contributed by atoms with Gasteiger partial charge in [0, 0.05) is 23.0 Å². The van der Waals surface area contributed by atoms with Gasteiger partial charge in [0.2, 0.25) is 15.9 Å². The van der Waals surface area contributed by atoms with Gasteiger partial charge in [0.25, 0.3) is 0 Å². The number of carbonyl (C=O) groups is 1. The SMILES string of the molecule is CC[C@@H](C)CN(CC(=O)N1CCc2sccc2[C@H]1COc1ccc(Cl)c(C)c1)S(=O)(=O)c1ccc(OC)cc1. The highest BCUT2D eigenvalue weighted by Crippen LogP contribution is 2.35. The highest BCUT2D eigenvalue weighted by Gasteiger charge is 2.35. The lowest BCUT2D eigenvalue weighted by Gasteiger charge is -2.37. The van der Waals surface area contributed by atoms with Gasteiger partial charge in [0.15, 0.2) is 0 Å². The van der Waals surface area contributed by atoms with Crippen molar-refractivity contribution in [1.82, 2.24) is 9.21 Å². The third-order valence-electron chi connectivity index (χ3n) is 7.17. The summed E-state index contributed by atoms with van der Waals surface area (Å²) in [7, 11) is -2.38. The predicted octanol–water partition coefficient (Wildman–Crippen LogP) is 5.96. The quantitative estimate of drug-likeness (QED) is 0.275. The van der Waals surface area contributed by atoms with Gasteiger partial charge in [0.1, 0.15) is 18.1 Å². The van der Waals surface area contributed by atoms with Crippen LogP contribution in [0.1, 0.15) is 42.3 Å². The van der Waals surface area contributed by atoms with E-state index in [4.69, 9.17) is 21.1 Å². The third-order valence-corrected chi connectivity index (χ3v) is 10.4. The molecule has 0 bridgehead atoms. The van der Waals surface area contributed by atoms with Crippen molar-refractivity contribution in [2.45, 2.75) is 44.6 Å².